The van der Waals surface area contributed by atoms with Gasteiger partial charge in [-0.3, -0.25) is 10.2 Å². The van der Waals surface area contributed by atoms with Gasteiger partial charge in [0.25, 0.3) is 0 Å². The van der Waals surface area contributed by atoms with Gasteiger partial charge in [-0.05, 0) is 43.5 Å². The van der Waals surface area contributed by atoms with Crippen molar-refractivity contribution in [3.63, 3.8) is 0 Å². The minimum absolute atomic E-state index is 0.233. The third-order valence-corrected chi connectivity index (χ3v) is 2.80. The number of rotatable bonds is 2. The summed E-state index contributed by atoms with van der Waals surface area (Å²) >= 11 is 0. The highest BCUT2D eigenvalue weighted by atomic mass is 16.3. The van der Waals surface area contributed by atoms with Crippen LogP contribution in [0.3, 0.4) is 0 Å². The van der Waals surface area contributed by atoms with Crippen molar-refractivity contribution in [1.82, 2.24) is 5.43 Å². The van der Waals surface area contributed by atoms with Gasteiger partial charge in [0.2, 0.25) is 5.91 Å². The van der Waals surface area contributed by atoms with Gasteiger partial charge in [-0.15, -0.1) is 0 Å². The van der Waals surface area contributed by atoms with Crippen LogP contribution in [0.5, 0.6) is 5.75 Å². The minimum atomic E-state index is -0.311. The number of hydrogen-bond donors (Lipinski definition) is 3. The number of amides is 1. The molecule has 82 valence electrons. The van der Waals surface area contributed by atoms with Crippen molar-refractivity contribution in [1.29, 1.82) is 0 Å². The first-order chi connectivity index (χ1) is 6.99. The van der Waals surface area contributed by atoms with Gasteiger partial charge in [0.05, 0.1) is 5.92 Å². The first-order valence-electron chi connectivity index (χ1n) is 4.78. The lowest BCUT2D eigenvalue weighted by molar-refractivity contribution is -0.122. The first-order valence-corrected chi connectivity index (χ1v) is 4.78. The van der Waals surface area contributed by atoms with Gasteiger partial charge in [-0.25, -0.2) is 5.84 Å². The number of nitrogens with one attached hydrogen (secondary N) is 1. The fourth-order valence-electron chi connectivity index (χ4n) is 1.56. The molecule has 0 saturated heterocycles. The fourth-order valence-corrected chi connectivity index (χ4v) is 1.56. The van der Waals surface area contributed by atoms with E-state index >= 15 is 0 Å². The lowest BCUT2D eigenvalue weighted by Crippen LogP contribution is -2.33. The van der Waals surface area contributed by atoms with Gasteiger partial charge in [-0.2, -0.15) is 0 Å². The number of phenolic OH excluding ortho intramolecular Hbond substituents is 1. The second-order valence-electron chi connectivity index (χ2n) is 3.65. The molecule has 15 heavy (non-hydrogen) atoms. The van der Waals surface area contributed by atoms with E-state index in [-0.39, 0.29) is 17.6 Å². The van der Waals surface area contributed by atoms with E-state index in [2.05, 4.69) is 5.43 Å². The largest absolute Gasteiger partial charge is 0.508 e. The summed E-state index contributed by atoms with van der Waals surface area (Å²) < 4.78 is 0. The van der Waals surface area contributed by atoms with Crippen molar-refractivity contribution in [2.45, 2.75) is 26.7 Å². The van der Waals surface area contributed by atoms with Crippen molar-refractivity contribution in [2.75, 3.05) is 0 Å². The average Bonchev–Trinajstić information content (AvgIpc) is 2.24. The normalized spacial score (nSPS) is 12.3. The molecule has 1 aromatic carbocycles. The molecule has 0 radical (unpaired) electrons. The van der Waals surface area contributed by atoms with Gasteiger partial charge < -0.3 is 5.11 Å². The minimum Gasteiger partial charge on any atom is -0.508 e. The highest BCUT2D eigenvalue weighted by molar-refractivity contribution is 5.83. The van der Waals surface area contributed by atoms with Gasteiger partial charge in [0, 0.05) is 0 Å². The van der Waals surface area contributed by atoms with E-state index in [9.17, 15) is 9.90 Å². The molecule has 0 aromatic heterocycles. The second kappa shape index (κ2) is 4.31. The Labute approximate surface area is 89.1 Å². The molecule has 0 aliphatic carbocycles. The number of hydrogen-bond acceptors (Lipinski definition) is 3. The average molecular weight is 208 g/mol. The molecular weight excluding hydrogens is 192 g/mol. The summed E-state index contributed by atoms with van der Waals surface area (Å²) in [5.74, 6) is 4.78. The summed E-state index contributed by atoms with van der Waals surface area (Å²) in [5, 5.41) is 9.48. The summed E-state index contributed by atoms with van der Waals surface area (Å²) in [7, 11) is 0. The molecular formula is C11H16N2O2. The molecule has 1 aromatic rings. The number of phenols is 1. The maximum absolute atomic E-state index is 11.4. The number of aromatic hydroxyl groups is 1. The van der Waals surface area contributed by atoms with E-state index in [0.717, 1.165) is 16.7 Å². The monoisotopic (exact) mass is 208 g/mol. The van der Waals surface area contributed by atoms with Crippen molar-refractivity contribution >= 4 is 5.91 Å². The van der Waals surface area contributed by atoms with Crippen LogP contribution in [-0.4, -0.2) is 11.0 Å². The molecule has 0 fully saturated rings. The lowest BCUT2D eigenvalue weighted by Gasteiger charge is -2.15. The zero-order valence-electron chi connectivity index (χ0n) is 9.16. The summed E-state index contributed by atoms with van der Waals surface area (Å²) in [6.07, 6.45) is 0. The Morgan fingerprint density at radius 1 is 1.40 bits per heavy atom. The Bertz CT molecular complexity index is 388. The van der Waals surface area contributed by atoms with Crippen molar-refractivity contribution in [2.24, 2.45) is 5.84 Å². The maximum atomic E-state index is 11.4. The van der Waals surface area contributed by atoms with E-state index in [1.165, 1.54) is 0 Å². The topological polar surface area (TPSA) is 75.3 Å². The number of carbonyl (C=O) groups excluding carboxylic acids is 1. The highest BCUT2D eigenvalue weighted by Gasteiger charge is 2.17. The van der Waals surface area contributed by atoms with Gasteiger partial charge in [0.1, 0.15) is 5.75 Å². The van der Waals surface area contributed by atoms with E-state index in [0.29, 0.717) is 0 Å². The Kier molecular flexibility index (Phi) is 3.31. The van der Waals surface area contributed by atoms with E-state index in [1.807, 2.05) is 13.8 Å². The Morgan fingerprint density at radius 2 is 2.00 bits per heavy atom. The van der Waals surface area contributed by atoms with E-state index in [1.54, 1.807) is 19.1 Å². The van der Waals surface area contributed by atoms with Crippen LogP contribution >= 0.6 is 0 Å². The summed E-state index contributed by atoms with van der Waals surface area (Å²) in [6, 6.07) is 3.34. The van der Waals surface area contributed by atoms with Crippen LogP contribution in [0.25, 0.3) is 0 Å². The third kappa shape index (κ3) is 2.10. The second-order valence-corrected chi connectivity index (χ2v) is 3.65. The molecule has 1 rings (SSSR count). The highest BCUT2D eigenvalue weighted by Crippen LogP contribution is 2.27. The SMILES string of the molecule is Cc1c(O)ccc(C(C)C(=O)NN)c1C. The van der Waals surface area contributed by atoms with Crippen LogP contribution in [0.4, 0.5) is 0 Å². The molecule has 4 heteroatoms. The van der Waals surface area contributed by atoms with Crippen LogP contribution < -0.4 is 11.3 Å². The number of nitrogens with two attached hydrogens (primary N) is 1. The molecule has 0 bridgehead atoms. The Hall–Kier alpha value is -1.55. The first kappa shape index (κ1) is 11.5. The molecule has 0 aliphatic rings. The fraction of sp³-hybridized carbons (Fsp3) is 0.364. The molecule has 1 amide bonds. The van der Waals surface area contributed by atoms with Crippen LogP contribution in [0, 0.1) is 13.8 Å². The van der Waals surface area contributed by atoms with Gasteiger partial charge in [-0.1, -0.05) is 6.07 Å². The van der Waals surface area contributed by atoms with E-state index in [4.69, 9.17) is 5.84 Å². The van der Waals surface area contributed by atoms with Crippen LogP contribution in [-0.2, 0) is 4.79 Å². The number of benzene rings is 1. The summed E-state index contributed by atoms with van der Waals surface area (Å²) in [4.78, 5) is 11.4. The predicted octanol–water partition coefficient (Wildman–Crippen LogP) is 1.10. The number of hydrazine groups is 1. The molecule has 4 nitrogen and oxygen atoms in total. The molecule has 0 saturated carbocycles. The smallest absolute Gasteiger partial charge is 0.241 e. The zero-order valence-corrected chi connectivity index (χ0v) is 9.16. The summed E-state index contributed by atoms with van der Waals surface area (Å²) in [6.45, 7) is 5.48. The number of carbonyl (C=O) groups is 1. The Balaban J connectivity index is 3.16. The molecule has 0 aliphatic heterocycles. The molecule has 1 atom stereocenters. The lowest BCUT2D eigenvalue weighted by atomic mass is 9.92. The predicted molar refractivity (Wildman–Crippen MR) is 58.3 cm³/mol. The van der Waals surface area contributed by atoms with Crippen LogP contribution in [0.15, 0.2) is 12.1 Å². The van der Waals surface area contributed by atoms with Gasteiger partial charge >= 0.3 is 0 Å². The van der Waals surface area contributed by atoms with Crippen molar-refractivity contribution in [3.8, 4) is 5.75 Å². The molecule has 1 unspecified atom stereocenters. The van der Waals surface area contributed by atoms with E-state index < -0.39 is 0 Å². The zero-order chi connectivity index (χ0) is 11.6. The Morgan fingerprint density at radius 3 is 2.53 bits per heavy atom. The van der Waals surface area contributed by atoms with Crippen molar-refractivity contribution in [3.05, 3.63) is 28.8 Å². The maximum Gasteiger partial charge on any atom is 0.241 e. The molecule has 0 spiro atoms. The van der Waals surface area contributed by atoms with Crippen LogP contribution in [0.1, 0.15) is 29.5 Å². The third-order valence-electron chi connectivity index (χ3n) is 2.80. The van der Waals surface area contributed by atoms with Gasteiger partial charge in [0.15, 0.2) is 0 Å². The standard InChI is InChI=1S/C11H16N2O2/c1-6-7(2)10(14)5-4-9(6)8(3)11(15)13-12/h4-5,8,14H,12H2,1-3H3,(H,13,15). The quantitative estimate of drug-likeness (QED) is 0.387. The van der Waals surface area contributed by atoms with Crippen molar-refractivity contribution < 1.29 is 9.90 Å². The molecule has 0 heterocycles. The summed E-state index contributed by atoms with van der Waals surface area (Å²) in [5.41, 5.74) is 4.72. The molecule has 4 N–H and O–H groups in total. The van der Waals surface area contributed by atoms with Crippen LogP contribution in [0.2, 0.25) is 0 Å².